The number of hydrogen-bond acceptors (Lipinski definition) is 8. The number of ether oxygens (including phenoxy) is 3. The van der Waals surface area contributed by atoms with Crippen LogP contribution >= 0.6 is 11.6 Å². The zero-order valence-electron chi connectivity index (χ0n) is 38.4. The van der Waals surface area contributed by atoms with Gasteiger partial charge >= 0.3 is 5.97 Å². The minimum atomic E-state index is -2.61. The lowest BCUT2D eigenvalue weighted by Crippen LogP contribution is -2.53. The van der Waals surface area contributed by atoms with E-state index in [0.29, 0.717) is 113 Å². The van der Waals surface area contributed by atoms with Gasteiger partial charge in [-0.2, -0.15) is 0 Å². The molecule has 13 heteroatoms. The summed E-state index contributed by atoms with van der Waals surface area (Å²) in [5.74, 6) is -0.129. The first-order valence-electron chi connectivity index (χ1n) is 24.0. The largest absolute Gasteiger partial charge is 0.494 e. The van der Waals surface area contributed by atoms with Crippen LogP contribution in [-0.4, -0.2) is 84.3 Å². The Morgan fingerprint density at radius 2 is 1.77 bits per heavy atom. The summed E-state index contributed by atoms with van der Waals surface area (Å²) in [5, 5.41) is 17.7. The van der Waals surface area contributed by atoms with Crippen molar-refractivity contribution in [3.05, 3.63) is 112 Å². The molecule has 3 aromatic carbocycles. The number of nitrogens with zero attached hydrogens (tertiary/aromatic N) is 2. The molecule has 1 spiro atoms. The molecule has 4 aliphatic rings. The number of rotatable bonds is 20. The lowest BCUT2D eigenvalue weighted by atomic mass is 9.59. The summed E-state index contributed by atoms with van der Waals surface area (Å²) in [7, 11) is 0. The van der Waals surface area contributed by atoms with Gasteiger partial charge in [-0.15, -0.1) is 0 Å². The minimum absolute atomic E-state index is 0.0453. The molecular formula is C53H65ClF2N4O6. The quantitative estimate of drug-likeness (QED) is 0.0744. The third kappa shape index (κ3) is 11.4. The highest BCUT2D eigenvalue weighted by Crippen LogP contribution is 2.57. The number of carbonyl (C=O) groups is 2. The lowest BCUT2D eigenvalue weighted by Gasteiger charge is -2.47. The molecule has 2 fully saturated rings. The lowest BCUT2D eigenvalue weighted by molar-refractivity contribution is -0.144. The van der Waals surface area contributed by atoms with Gasteiger partial charge in [0.05, 0.1) is 19.8 Å². The number of benzene rings is 3. The highest BCUT2D eigenvalue weighted by Gasteiger charge is 2.54. The van der Waals surface area contributed by atoms with Crippen molar-refractivity contribution in [2.75, 3.05) is 51.3 Å². The Kier molecular flexibility index (Phi) is 15.1. The molecule has 0 radical (unpaired) electrons. The number of halogens is 3. The maximum absolute atomic E-state index is 13.5. The molecule has 2 heterocycles. The fraction of sp³-hybridized carbons (Fsp3) is 0.528. The predicted molar refractivity (Wildman–Crippen MR) is 253 cm³/mol. The molecule has 1 amide bonds. The van der Waals surface area contributed by atoms with Gasteiger partial charge in [-0.1, -0.05) is 49.7 Å². The number of carboxylic acid groups (broad SMARTS) is 1. The summed E-state index contributed by atoms with van der Waals surface area (Å²) in [6.45, 7) is 6.96. The molecule has 1 aromatic heterocycles. The van der Waals surface area contributed by atoms with Gasteiger partial charge in [-0.3, -0.25) is 14.7 Å². The van der Waals surface area contributed by atoms with Crippen LogP contribution in [0.4, 0.5) is 14.5 Å². The molecule has 0 bridgehead atoms. The molecule has 8 rings (SSSR count). The van der Waals surface area contributed by atoms with E-state index in [-0.39, 0.29) is 30.2 Å². The summed E-state index contributed by atoms with van der Waals surface area (Å²) in [6.07, 6.45) is 10.8. The SMILES string of the molecule is C[C@@H](COc1ccnc2c1[C@H](C)CCC2)C[C@H]1Cc2ccc(OCCCC(=O)NCCc3cccc(OCCN4CCC(F)(F)C4)c3)cc2C12CCC(Nc1cccc(Cl)c1)(C(=O)O)CC2. The number of alkyl halides is 2. The van der Waals surface area contributed by atoms with Crippen molar-refractivity contribution in [2.24, 2.45) is 11.8 Å². The Labute approximate surface area is 393 Å². The number of fused-ring (bicyclic) bond motifs is 3. The van der Waals surface area contributed by atoms with Crippen molar-refractivity contribution in [3.8, 4) is 17.2 Å². The van der Waals surface area contributed by atoms with E-state index < -0.39 is 17.4 Å². The molecule has 4 aromatic rings. The number of aliphatic carboxylic acids is 1. The second-order valence-corrected chi connectivity index (χ2v) is 19.9. The minimum Gasteiger partial charge on any atom is -0.494 e. The molecule has 3 N–H and O–H groups in total. The molecule has 1 saturated heterocycles. The van der Waals surface area contributed by atoms with Crippen molar-refractivity contribution in [1.29, 1.82) is 0 Å². The van der Waals surface area contributed by atoms with Gasteiger partial charge in [-0.05, 0) is 159 Å². The van der Waals surface area contributed by atoms with Crippen molar-refractivity contribution in [3.63, 3.8) is 0 Å². The average Bonchev–Trinajstić information content (AvgIpc) is 3.79. The van der Waals surface area contributed by atoms with E-state index in [9.17, 15) is 23.5 Å². The van der Waals surface area contributed by atoms with Gasteiger partial charge in [0.25, 0.3) is 5.92 Å². The number of aryl methyl sites for hydroxylation is 1. The molecule has 1 saturated carbocycles. The first kappa shape index (κ1) is 47.5. The Morgan fingerprint density at radius 3 is 2.56 bits per heavy atom. The Bertz CT molecular complexity index is 2320. The Balaban J connectivity index is 0.864. The molecule has 3 atom stereocenters. The first-order valence-corrected chi connectivity index (χ1v) is 24.4. The number of aromatic nitrogens is 1. The first-order chi connectivity index (χ1) is 31.8. The standard InChI is InChI=1S/C53H65ClF2N4O6/c1-36(34-66-47-17-24-57-46-12-3-7-37(2)49(46)47)29-40-31-39-14-15-44(33-45(39)51(40)18-20-52(21-19-51,50(62)63)59-42-10-5-9-41(54)32-42)64-27-6-13-48(61)58-23-16-38-8-4-11-43(30-38)65-28-26-60-25-22-53(55,56)35-60/h4-5,8-11,14-15,17,24,30,32-33,36-37,40,59H,3,6-7,12-13,16,18-23,25-29,31,34-35H2,1-2H3,(H,58,61)(H,62,63)/t36-,37-,40+,51?,52?/m1/s1. The van der Waals surface area contributed by atoms with Crippen LogP contribution in [0.15, 0.2) is 79.0 Å². The summed E-state index contributed by atoms with van der Waals surface area (Å²) < 4.78 is 45.8. The van der Waals surface area contributed by atoms with Gasteiger partial charge in [0.15, 0.2) is 0 Å². The molecular weight excluding hydrogens is 862 g/mol. The molecule has 66 heavy (non-hydrogen) atoms. The van der Waals surface area contributed by atoms with Gasteiger partial charge < -0.3 is 30.0 Å². The van der Waals surface area contributed by atoms with E-state index in [2.05, 4.69) is 41.6 Å². The summed E-state index contributed by atoms with van der Waals surface area (Å²) in [4.78, 5) is 32.3. The van der Waals surface area contributed by atoms with Crippen molar-refractivity contribution < 1.29 is 37.7 Å². The van der Waals surface area contributed by atoms with Crippen LogP contribution in [0.5, 0.6) is 17.2 Å². The fourth-order valence-electron chi connectivity index (χ4n) is 11.1. The zero-order chi connectivity index (χ0) is 46.3. The smallest absolute Gasteiger partial charge is 0.329 e. The van der Waals surface area contributed by atoms with Crippen LogP contribution in [0, 0.1) is 11.8 Å². The monoisotopic (exact) mass is 926 g/mol. The number of hydrogen-bond donors (Lipinski definition) is 3. The van der Waals surface area contributed by atoms with Gasteiger partial charge in [0.2, 0.25) is 5.91 Å². The predicted octanol–water partition coefficient (Wildman–Crippen LogP) is 10.4. The van der Waals surface area contributed by atoms with Crippen molar-refractivity contribution in [1.82, 2.24) is 15.2 Å². The van der Waals surface area contributed by atoms with Gasteiger partial charge in [0, 0.05) is 60.6 Å². The third-order valence-electron chi connectivity index (χ3n) is 14.6. The molecule has 1 aliphatic heterocycles. The van der Waals surface area contributed by atoms with Crippen LogP contribution in [0.3, 0.4) is 0 Å². The Hall–Kier alpha value is -4.94. The normalized spacial score (nSPS) is 23.7. The number of carbonyl (C=O) groups excluding carboxylic acids is 1. The van der Waals surface area contributed by atoms with Crippen LogP contribution in [0.25, 0.3) is 0 Å². The highest BCUT2D eigenvalue weighted by atomic mass is 35.5. The van der Waals surface area contributed by atoms with E-state index in [4.69, 9.17) is 25.8 Å². The number of amides is 1. The third-order valence-corrected chi connectivity index (χ3v) is 14.9. The number of carboxylic acids is 1. The van der Waals surface area contributed by atoms with Crippen LogP contribution < -0.4 is 24.8 Å². The summed E-state index contributed by atoms with van der Waals surface area (Å²) in [5.41, 5.74) is 5.32. The Morgan fingerprint density at radius 1 is 0.970 bits per heavy atom. The maximum atomic E-state index is 13.5. The second-order valence-electron chi connectivity index (χ2n) is 19.4. The van der Waals surface area contributed by atoms with Crippen LogP contribution in [0.2, 0.25) is 5.02 Å². The van der Waals surface area contributed by atoms with E-state index >= 15 is 0 Å². The zero-order valence-corrected chi connectivity index (χ0v) is 39.2. The van der Waals surface area contributed by atoms with E-state index in [1.54, 1.807) is 17.0 Å². The van der Waals surface area contributed by atoms with Crippen LogP contribution in [0.1, 0.15) is 112 Å². The fourth-order valence-corrected chi connectivity index (χ4v) is 11.3. The summed E-state index contributed by atoms with van der Waals surface area (Å²) in [6, 6.07) is 23.4. The number of nitrogens with one attached hydrogen (secondary N) is 2. The van der Waals surface area contributed by atoms with E-state index in [1.807, 2.05) is 54.7 Å². The molecule has 3 aliphatic carbocycles. The number of pyridine rings is 1. The summed E-state index contributed by atoms with van der Waals surface area (Å²) >= 11 is 6.32. The highest BCUT2D eigenvalue weighted by molar-refractivity contribution is 6.30. The number of likely N-dealkylation sites (tertiary alicyclic amines) is 1. The topological polar surface area (TPSA) is 122 Å². The molecule has 0 unspecified atom stereocenters. The molecule has 354 valence electrons. The maximum Gasteiger partial charge on any atom is 0.329 e. The van der Waals surface area contributed by atoms with Gasteiger partial charge in [-0.25, -0.2) is 13.6 Å². The van der Waals surface area contributed by atoms with Gasteiger partial charge in [0.1, 0.15) is 29.4 Å². The second kappa shape index (κ2) is 20.9. The average molecular weight is 928 g/mol. The van der Waals surface area contributed by atoms with E-state index in [1.165, 1.54) is 16.7 Å². The van der Waals surface area contributed by atoms with E-state index in [0.717, 1.165) is 54.9 Å². The van der Waals surface area contributed by atoms with Crippen molar-refractivity contribution >= 4 is 29.2 Å². The van der Waals surface area contributed by atoms with Crippen molar-refractivity contribution in [2.45, 2.75) is 120 Å². The van der Waals surface area contributed by atoms with Crippen LogP contribution in [-0.2, 0) is 34.3 Å². The number of anilines is 1. The molecule has 10 nitrogen and oxygen atoms in total.